The zero-order chi connectivity index (χ0) is 8.43. The third-order valence-corrected chi connectivity index (χ3v) is 1.91. The Hall–Kier alpha value is -0.760. The van der Waals surface area contributed by atoms with Gasteiger partial charge in [-0.15, -0.1) is 0 Å². The number of halogens is 2. The van der Waals surface area contributed by atoms with Crippen LogP contribution in [0.25, 0.3) is 0 Å². The highest BCUT2D eigenvalue weighted by molar-refractivity contribution is 6.31. The first-order valence-electron chi connectivity index (χ1n) is 3.15. The maximum Gasteiger partial charge on any atom is 0.169 e. The molecule has 60 valence electrons. The summed E-state index contributed by atoms with van der Waals surface area (Å²) in [5.74, 6) is -0.160. The first-order valence-corrected chi connectivity index (χ1v) is 3.53. The van der Waals surface area contributed by atoms with Crippen LogP contribution in [-0.2, 0) is 0 Å². The van der Waals surface area contributed by atoms with E-state index in [1.807, 2.05) is 0 Å². The number of hydrogen-bond acceptors (Lipinski definition) is 1. The van der Waals surface area contributed by atoms with Gasteiger partial charge in [0, 0.05) is 10.6 Å². The lowest BCUT2D eigenvalue weighted by atomic mass is 10.2. The molecule has 0 heterocycles. The first kappa shape index (κ1) is 8.34. The molecule has 0 aromatic heterocycles. The Labute approximate surface area is 69.7 Å². The molecule has 0 spiro atoms. The monoisotopic (exact) mass is 174 g/mol. The lowest BCUT2D eigenvalue weighted by Gasteiger charge is -2.04. The van der Waals surface area contributed by atoms with E-state index in [1.165, 1.54) is 13.2 Å². The van der Waals surface area contributed by atoms with Crippen molar-refractivity contribution in [3.05, 3.63) is 28.5 Å². The molecule has 0 amide bonds. The van der Waals surface area contributed by atoms with Crippen molar-refractivity contribution < 1.29 is 9.13 Å². The summed E-state index contributed by atoms with van der Waals surface area (Å²) < 4.78 is 17.8. The average molecular weight is 175 g/mol. The molecule has 0 N–H and O–H groups in total. The van der Waals surface area contributed by atoms with E-state index < -0.39 is 0 Å². The number of ether oxygens (including phenoxy) is 1. The number of methoxy groups -OCH3 is 1. The van der Waals surface area contributed by atoms with Crippen LogP contribution in [0.4, 0.5) is 4.39 Å². The van der Waals surface area contributed by atoms with E-state index >= 15 is 0 Å². The molecule has 0 atom stereocenters. The molecule has 1 aromatic carbocycles. The van der Waals surface area contributed by atoms with Gasteiger partial charge in [-0.3, -0.25) is 0 Å². The van der Waals surface area contributed by atoms with Crippen molar-refractivity contribution in [2.75, 3.05) is 7.11 Å². The normalized spacial score (nSPS) is 9.82. The van der Waals surface area contributed by atoms with Crippen molar-refractivity contribution in [1.29, 1.82) is 0 Å². The quantitative estimate of drug-likeness (QED) is 0.636. The van der Waals surface area contributed by atoms with Crippen molar-refractivity contribution in [1.82, 2.24) is 0 Å². The SMILES string of the molecule is COc1ccc(Cl)c(C)c1F. The predicted octanol–water partition coefficient (Wildman–Crippen LogP) is 2.80. The number of benzene rings is 1. The summed E-state index contributed by atoms with van der Waals surface area (Å²) in [4.78, 5) is 0. The van der Waals surface area contributed by atoms with Crippen LogP contribution in [-0.4, -0.2) is 7.11 Å². The highest BCUT2D eigenvalue weighted by atomic mass is 35.5. The Morgan fingerprint density at radius 1 is 1.45 bits per heavy atom. The molecule has 1 rings (SSSR count). The average Bonchev–Trinajstić information content (AvgIpc) is 2.01. The van der Waals surface area contributed by atoms with Crippen LogP contribution >= 0.6 is 11.6 Å². The second kappa shape index (κ2) is 3.09. The molecule has 1 nitrogen and oxygen atoms in total. The highest BCUT2D eigenvalue weighted by Crippen LogP contribution is 2.25. The summed E-state index contributed by atoms with van der Waals surface area (Å²) >= 11 is 5.65. The summed E-state index contributed by atoms with van der Waals surface area (Å²) in [7, 11) is 1.42. The predicted molar refractivity (Wildman–Crippen MR) is 42.7 cm³/mol. The van der Waals surface area contributed by atoms with Gasteiger partial charge in [-0.1, -0.05) is 11.6 Å². The molecular weight excluding hydrogens is 167 g/mol. The van der Waals surface area contributed by atoms with Crippen LogP contribution in [0.5, 0.6) is 5.75 Å². The maximum absolute atomic E-state index is 13.1. The van der Waals surface area contributed by atoms with Crippen molar-refractivity contribution in [3.63, 3.8) is 0 Å². The van der Waals surface area contributed by atoms with Gasteiger partial charge in [0.15, 0.2) is 11.6 Å². The molecule has 0 unspecified atom stereocenters. The van der Waals surface area contributed by atoms with Gasteiger partial charge in [-0.25, -0.2) is 4.39 Å². The molecule has 0 fully saturated rings. The highest BCUT2D eigenvalue weighted by Gasteiger charge is 2.07. The van der Waals surface area contributed by atoms with E-state index in [4.69, 9.17) is 16.3 Å². The minimum atomic E-state index is -0.389. The summed E-state index contributed by atoms with van der Waals surface area (Å²) in [5, 5.41) is 0.420. The standard InChI is InChI=1S/C8H8ClFO/c1-5-6(9)3-4-7(11-2)8(5)10/h3-4H,1-2H3. The Morgan fingerprint density at radius 3 is 2.64 bits per heavy atom. The topological polar surface area (TPSA) is 9.23 Å². The van der Waals surface area contributed by atoms with Crippen LogP contribution in [0.2, 0.25) is 5.02 Å². The molecule has 0 aliphatic heterocycles. The first-order chi connectivity index (χ1) is 5.16. The minimum Gasteiger partial charge on any atom is -0.494 e. The molecule has 1 aromatic rings. The van der Waals surface area contributed by atoms with Crippen LogP contribution in [0.15, 0.2) is 12.1 Å². The van der Waals surface area contributed by atoms with Crippen molar-refractivity contribution in [2.24, 2.45) is 0 Å². The number of hydrogen-bond donors (Lipinski definition) is 0. The molecular formula is C8H8ClFO. The lowest BCUT2D eigenvalue weighted by Crippen LogP contribution is -1.90. The van der Waals surface area contributed by atoms with Crippen molar-refractivity contribution in [3.8, 4) is 5.75 Å². The lowest BCUT2D eigenvalue weighted by molar-refractivity contribution is 0.385. The van der Waals surface area contributed by atoms with Gasteiger partial charge in [0.25, 0.3) is 0 Å². The van der Waals surface area contributed by atoms with E-state index in [-0.39, 0.29) is 11.6 Å². The van der Waals surface area contributed by atoms with Gasteiger partial charge in [0.2, 0.25) is 0 Å². The Kier molecular flexibility index (Phi) is 2.35. The van der Waals surface area contributed by atoms with E-state index in [0.717, 1.165) is 0 Å². The summed E-state index contributed by atoms with van der Waals surface area (Å²) in [5.41, 5.74) is 0.422. The molecule has 0 radical (unpaired) electrons. The zero-order valence-corrected chi connectivity index (χ0v) is 7.07. The van der Waals surface area contributed by atoms with E-state index in [9.17, 15) is 4.39 Å². The van der Waals surface area contributed by atoms with Crippen molar-refractivity contribution in [2.45, 2.75) is 6.92 Å². The smallest absolute Gasteiger partial charge is 0.169 e. The van der Waals surface area contributed by atoms with Crippen LogP contribution in [0, 0.1) is 12.7 Å². The van der Waals surface area contributed by atoms with Crippen LogP contribution in [0.3, 0.4) is 0 Å². The Balaban J connectivity index is 3.25. The fourth-order valence-corrected chi connectivity index (χ4v) is 0.940. The van der Waals surface area contributed by atoms with Gasteiger partial charge >= 0.3 is 0 Å². The van der Waals surface area contributed by atoms with E-state index in [0.29, 0.717) is 10.6 Å². The van der Waals surface area contributed by atoms with Crippen LogP contribution < -0.4 is 4.74 Å². The maximum atomic E-state index is 13.1. The van der Waals surface area contributed by atoms with E-state index in [1.54, 1.807) is 13.0 Å². The molecule has 3 heteroatoms. The van der Waals surface area contributed by atoms with Gasteiger partial charge in [-0.05, 0) is 19.1 Å². The molecule has 0 aliphatic rings. The molecule has 11 heavy (non-hydrogen) atoms. The van der Waals surface area contributed by atoms with Gasteiger partial charge < -0.3 is 4.74 Å². The largest absolute Gasteiger partial charge is 0.494 e. The minimum absolute atomic E-state index is 0.229. The third-order valence-electron chi connectivity index (χ3n) is 1.50. The third kappa shape index (κ3) is 1.46. The second-order valence-corrected chi connectivity index (χ2v) is 2.60. The number of rotatable bonds is 1. The van der Waals surface area contributed by atoms with Gasteiger partial charge in [-0.2, -0.15) is 0 Å². The summed E-state index contributed by atoms with van der Waals surface area (Å²) in [6, 6.07) is 3.11. The van der Waals surface area contributed by atoms with Crippen LogP contribution in [0.1, 0.15) is 5.56 Å². The fourth-order valence-electron chi connectivity index (χ4n) is 0.794. The van der Waals surface area contributed by atoms with Crippen molar-refractivity contribution >= 4 is 11.6 Å². The zero-order valence-electron chi connectivity index (χ0n) is 6.32. The summed E-state index contributed by atoms with van der Waals surface area (Å²) in [6.45, 7) is 1.61. The fraction of sp³-hybridized carbons (Fsp3) is 0.250. The molecule has 0 saturated carbocycles. The molecule has 0 bridgehead atoms. The van der Waals surface area contributed by atoms with E-state index in [2.05, 4.69) is 0 Å². The van der Waals surface area contributed by atoms with Gasteiger partial charge in [0.05, 0.1) is 7.11 Å². The van der Waals surface area contributed by atoms with Gasteiger partial charge in [0.1, 0.15) is 0 Å². The molecule has 0 aliphatic carbocycles. The molecule has 0 saturated heterocycles. The summed E-state index contributed by atoms with van der Waals surface area (Å²) in [6.07, 6.45) is 0. The second-order valence-electron chi connectivity index (χ2n) is 2.19. The Morgan fingerprint density at radius 2 is 2.09 bits per heavy atom. The Bertz CT molecular complexity index is 273.